The molecule has 1 aliphatic heterocycles. The Morgan fingerprint density at radius 3 is 2.46 bits per heavy atom. The second-order valence-electron chi connectivity index (χ2n) is 7.28. The van der Waals surface area contributed by atoms with Crippen LogP contribution >= 0.6 is 12.2 Å². The average Bonchev–Trinajstić information content (AvgIpc) is 2.71. The molecule has 3 rings (SSSR count). The van der Waals surface area contributed by atoms with Crippen molar-refractivity contribution in [3.8, 4) is 6.07 Å². The van der Waals surface area contributed by atoms with Crippen molar-refractivity contribution in [1.82, 2.24) is 14.0 Å². The first-order chi connectivity index (χ1) is 13.4. The summed E-state index contributed by atoms with van der Waals surface area (Å²) in [5, 5.41) is 9.49. The number of nitrogens with two attached hydrogens (primary N) is 1. The van der Waals surface area contributed by atoms with E-state index in [0.717, 1.165) is 38.0 Å². The number of aromatic nitrogens is 2. The third-order valence-corrected chi connectivity index (χ3v) is 5.92. The lowest BCUT2D eigenvalue weighted by Gasteiger charge is -2.31. The standard InChI is InChI=1S/C20H25FN6S/c1-25-18(23)17(11-22)19(26(2)20(25)28)24-12-14-7-9-27(10-8-14)13-15-3-5-16(21)6-4-15/h3-6,14H,7-10,12-13,23H2,1-2H3. The van der Waals surface area contributed by atoms with Gasteiger partial charge in [-0.2, -0.15) is 5.26 Å². The van der Waals surface area contributed by atoms with Crippen molar-refractivity contribution in [1.29, 1.82) is 5.26 Å². The van der Waals surface area contributed by atoms with Gasteiger partial charge >= 0.3 is 0 Å². The zero-order valence-corrected chi connectivity index (χ0v) is 17.0. The number of anilines is 1. The van der Waals surface area contributed by atoms with Crippen molar-refractivity contribution in [2.45, 2.75) is 19.4 Å². The summed E-state index contributed by atoms with van der Waals surface area (Å²) in [7, 11) is 3.56. The molecule has 0 amide bonds. The fourth-order valence-corrected chi connectivity index (χ4v) is 3.74. The maximum Gasteiger partial charge on any atom is 0.182 e. The average molecular weight is 401 g/mol. The molecule has 28 heavy (non-hydrogen) atoms. The highest BCUT2D eigenvalue weighted by molar-refractivity contribution is 7.71. The molecule has 1 aromatic heterocycles. The largest absolute Gasteiger partial charge is 0.384 e. The molecular formula is C20H25FN6S. The van der Waals surface area contributed by atoms with E-state index in [1.165, 1.54) is 12.1 Å². The van der Waals surface area contributed by atoms with E-state index in [1.54, 1.807) is 16.2 Å². The lowest BCUT2D eigenvalue weighted by Crippen LogP contribution is -2.35. The normalized spacial score (nSPS) is 16.3. The lowest BCUT2D eigenvalue weighted by atomic mass is 9.96. The third-order valence-electron chi connectivity index (χ3n) is 5.37. The number of nitrogen functional groups attached to an aromatic ring is 1. The monoisotopic (exact) mass is 400 g/mol. The predicted molar refractivity (Wildman–Crippen MR) is 109 cm³/mol. The summed E-state index contributed by atoms with van der Waals surface area (Å²) in [6.07, 6.45) is 2.07. The molecule has 0 spiro atoms. The molecule has 6 nitrogen and oxygen atoms in total. The molecule has 1 aliphatic rings. The highest BCUT2D eigenvalue weighted by Crippen LogP contribution is 2.19. The van der Waals surface area contributed by atoms with Crippen LogP contribution in [0.3, 0.4) is 0 Å². The van der Waals surface area contributed by atoms with Gasteiger partial charge < -0.3 is 14.9 Å². The first-order valence-electron chi connectivity index (χ1n) is 9.33. The Morgan fingerprint density at radius 1 is 1.21 bits per heavy atom. The number of piperidine rings is 1. The van der Waals surface area contributed by atoms with Crippen molar-refractivity contribution in [3.05, 3.63) is 51.5 Å². The summed E-state index contributed by atoms with van der Waals surface area (Å²) >= 11 is 5.38. The van der Waals surface area contributed by atoms with Crippen LogP contribution in [0.5, 0.6) is 0 Å². The minimum atomic E-state index is -0.202. The van der Waals surface area contributed by atoms with Crippen molar-refractivity contribution in [2.24, 2.45) is 25.0 Å². The Bertz CT molecular complexity index is 1010. The Labute approximate surface area is 169 Å². The zero-order chi connectivity index (χ0) is 20.3. The number of nitrogens with zero attached hydrogens (tertiary/aromatic N) is 5. The smallest absolute Gasteiger partial charge is 0.182 e. The van der Waals surface area contributed by atoms with Crippen molar-refractivity contribution in [2.75, 3.05) is 25.4 Å². The van der Waals surface area contributed by atoms with Gasteiger partial charge in [-0.25, -0.2) is 4.39 Å². The number of hydrogen-bond donors (Lipinski definition) is 1. The van der Waals surface area contributed by atoms with E-state index in [0.29, 0.717) is 34.1 Å². The quantitative estimate of drug-likeness (QED) is 0.800. The van der Waals surface area contributed by atoms with E-state index >= 15 is 0 Å². The second kappa shape index (κ2) is 8.67. The molecule has 1 fully saturated rings. The van der Waals surface area contributed by atoms with Gasteiger partial charge in [0.1, 0.15) is 23.3 Å². The first kappa shape index (κ1) is 20.2. The van der Waals surface area contributed by atoms with Crippen LogP contribution in [-0.4, -0.2) is 33.7 Å². The number of benzene rings is 1. The van der Waals surface area contributed by atoms with Gasteiger partial charge in [0.2, 0.25) is 0 Å². The van der Waals surface area contributed by atoms with Gasteiger partial charge in [-0.05, 0) is 61.8 Å². The molecule has 1 saturated heterocycles. The molecule has 2 N–H and O–H groups in total. The van der Waals surface area contributed by atoms with Crippen molar-refractivity contribution in [3.63, 3.8) is 0 Å². The van der Waals surface area contributed by atoms with Crippen LogP contribution < -0.4 is 11.2 Å². The minimum absolute atomic E-state index is 0.202. The summed E-state index contributed by atoms with van der Waals surface area (Å²) in [5.74, 6) is 0.601. The fraction of sp³-hybridized carbons (Fsp3) is 0.450. The highest BCUT2D eigenvalue weighted by atomic mass is 32.1. The molecule has 0 atom stereocenters. The molecule has 2 aromatic rings. The third kappa shape index (κ3) is 4.32. The molecule has 0 radical (unpaired) electrons. The Balaban J connectivity index is 1.66. The molecule has 1 aromatic carbocycles. The van der Waals surface area contributed by atoms with Crippen molar-refractivity contribution >= 4 is 18.0 Å². The summed E-state index contributed by atoms with van der Waals surface area (Å²) in [6.45, 7) is 3.44. The number of nitriles is 1. The Kier molecular flexibility index (Phi) is 6.27. The number of hydrogen-bond acceptors (Lipinski definition) is 5. The fourth-order valence-electron chi connectivity index (χ4n) is 3.55. The van der Waals surface area contributed by atoms with E-state index in [4.69, 9.17) is 22.9 Å². The van der Waals surface area contributed by atoms with E-state index in [1.807, 2.05) is 19.2 Å². The van der Waals surface area contributed by atoms with Gasteiger partial charge in [-0.1, -0.05) is 12.1 Å². The van der Waals surface area contributed by atoms with Crippen LogP contribution in [0.25, 0.3) is 0 Å². The van der Waals surface area contributed by atoms with Crippen LogP contribution in [0.2, 0.25) is 0 Å². The van der Waals surface area contributed by atoms with Gasteiger partial charge in [-0.3, -0.25) is 9.89 Å². The van der Waals surface area contributed by atoms with E-state index in [-0.39, 0.29) is 5.82 Å². The topological polar surface area (TPSA) is 75.3 Å². The van der Waals surface area contributed by atoms with Gasteiger partial charge in [0, 0.05) is 27.2 Å². The molecule has 0 aliphatic carbocycles. The van der Waals surface area contributed by atoms with Crippen molar-refractivity contribution < 1.29 is 4.39 Å². The Morgan fingerprint density at radius 2 is 1.86 bits per heavy atom. The number of halogens is 1. The van der Waals surface area contributed by atoms with Crippen LogP contribution in [0.4, 0.5) is 10.2 Å². The van der Waals surface area contributed by atoms with Gasteiger partial charge in [0.15, 0.2) is 10.3 Å². The molecule has 0 unspecified atom stereocenters. The van der Waals surface area contributed by atoms with Crippen LogP contribution in [0.15, 0.2) is 29.3 Å². The highest BCUT2D eigenvalue weighted by Gasteiger charge is 2.19. The van der Waals surface area contributed by atoms with Gasteiger partial charge in [0.05, 0.1) is 0 Å². The predicted octanol–water partition coefficient (Wildman–Crippen LogP) is 2.50. The van der Waals surface area contributed by atoms with E-state index < -0.39 is 0 Å². The molecule has 148 valence electrons. The SMILES string of the molecule is Cn1c(N)c(C#N)c(=NCC2CCN(Cc3ccc(F)cc3)CC2)n(C)c1=S. The maximum absolute atomic E-state index is 13.0. The summed E-state index contributed by atoms with van der Waals surface area (Å²) in [4.78, 5) is 7.08. The van der Waals surface area contributed by atoms with Gasteiger partial charge in [0.25, 0.3) is 0 Å². The number of rotatable bonds is 4. The van der Waals surface area contributed by atoms with Crippen LogP contribution in [-0.2, 0) is 20.6 Å². The maximum atomic E-state index is 13.0. The van der Waals surface area contributed by atoms with E-state index in [2.05, 4.69) is 11.0 Å². The zero-order valence-electron chi connectivity index (χ0n) is 16.2. The van der Waals surface area contributed by atoms with Crippen LogP contribution in [0.1, 0.15) is 24.0 Å². The van der Waals surface area contributed by atoms with Crippen LogP contribution in [0, 0.1) is 27.8 Å². The molecule has 0 saturated carbocycles. The molecule has 2 heterocycles. The van der Waals surface area contributed by atoms with Gasteiger partial charge in [-0.15, -0.1) is 0 Å². The minimum Gasteiger partial charge on any atom is -0.384 e. The first-order valence-corrected chi connectivity index (χ1v) is 9.74. The molecular weight excluding hydrogens is 375 g/mol. The second-order valence-corrected chi connectivity index (χ2v) is 7.65. The van der Waals surface area contributed by atoms with E-state index in [9.17, 15) is 9.65 Å². The molecule has 0 bridgehead atoms. The summed E-state index contributed by atoms with van der Waals surface area (Å²) < 4.78 is 16.9. The summed E-state index contributed by atoms with van der Waals surface area (Å²) in [6, 6.07) is 8.85. The number of likely N-dealkylation sites (tertiary alicyclic amines) is 1. The summed E-state index contributed by atoms with van der Waals surface area (Å²) in [5.41, 5.74) is 8.09. The Hall–Kier alpha value is -2.50. The molecule has 8 heteroatoms. The lowest BCUT2D eigenvalue weighted by molar-refractivity contribution is 0.180.